The van der Waals surface area contributed by atoms with Gasteiger partial charge in [0.05, 0.1) is 0 Å². The summed E-state index contributed by atoms with van der Waals surface area (Å²) in [6, 6.07) is 7.14. The summed E-state index contributed by atoms with van der Waals surface area (Å²) in [5.41, 5.74) is 0.812. The van der Waals surface area contributed by atoms with Crippen LogP contribution >= 0.6 is 22.9 Å². The molecular weight excluding hydrogens is 324 g/mol. The highest BCUT2D eigenvalue weighted by molar-refractivity contribution is 7.13. The summed E-state index contributed by atoms with van der Waals surface area (Å²) in [6.45, 7) is 0. The van der Waals surface area contributed by atoms with Gasteiger partial charge < -0.3 is 9.84 Å². The Bertz CT molecular complexity index is 756. The lowest BCUT2D eigenvalue weighted by molar-refractivity contribution is -0.116. The maximum Gasteiger partial charge on any atom is 0.227 e. The zero-order chi connectivity index (χ0) is 15.4. The summed E-state index contributed by atoms with van der Waals surface area (Å²) in [5, 5.41) is 9.62. The van der Waals surface area contributed by atoms with Crippen molar-refractivity contribution >= 4 is 34.0 Å². The molecule has 3 rings (SSSR count). The van der Waals surface area contributed by atoms with Crippen LogP contribution in [-0.4, -0.2) is 21.0 Å². The number of hydrogen-bond donors (Lipinski definition) is 1. The number of thiazole rings is 1. The predicted octanol–water partition coefficient (Wildman–Crippen LogP) is 3.42. The fourth-order valence-corrected chi connectivity index (χ4v) is 2.43. The SMILES string of the molecule is O=C(CCc1nc(-c2ccc(Cl)cc2)no1)Nc1nccs1. The molecule has 0 fully saturated rings. The van der Waals surface area contributed by atoms with Gasteiger partial charge >= 0.3 is 0 Å². The van der Waals surface area contributed by atoms with Gasteiger partial charge in [0.2, 0.25) is 17.6 Å². The summed E-state index contributed by atoms with van der Waals surface area (Å²) < 4.78 is 5.15. The van der Waals surface area contributed by atoms with Crippen molar-refractivity contribution < 1.29 is 9.32 Å². The number of amides is 1. The van der Waals surface area contributed by atoms with Crippen LogP contribution in [0, 0.1) is 0 Å². The second-order valence-corrected chi connectivity index (χ2v) is 5.74. The van der Waals surface area contributed by atoms with E-state index in [1.54, 1.807) is 23.7 Å². The lowest BCUT2D eigenvalue weighted by Crippen LogP contribution is -2.12. The normalized spacial score (nSPS) is 10.6. The lowest BCUT2D eigenvalue weighted by Gasteiger charge is -1.98. The molecule has 2 heterocycles. The predicted molar refractivity (Wildman–Crippen MR) is 83.8 cm³/mol. The van der Waals surface area contributed by atoms with E-state index in [4.69, 9.17) is 16.1 Å². The van der Waals surface area contributed by atoms with E-state index in [0.717, 1.165) is 5.56 Å². The second-order valence-electron chi connectivity index (χ2n) is 4.40. The molecule has 1 amide bonds. The van der Waals surface area contributed by atoms with E-state index in [1.165, 1.54) is 11.3 Å². The molecule has 6 nitrogen and oxygen atoms in total. The van der Waals surface area contributed by atoms with Gasteiger partial charge in [-0.15, -0.1) is 11.3 Å². The Kier molecular flexibility index (Phi) is 4.45. The number of aromatic nitrogens is 3. The molecule has 0 radical (unpaired) electrons. The van der Waals surface area contributed by atoms with E-state index in [-0.39, 0.29) is 12.3 Å². The van der Waals surface area contributed by atoms with Gasteiger partial charge in [-0.3, -0.25) is 4.79 Å². The minimum absolute atomic E-state index is 0.138. The summed E-state index contributed by atoms with van der Waals surface area (Å²) in [4.78, 5) is 20.0. The second kappa shape index (κ2) is 6.67. The van der Waals surface area contributed by atoms with Crippen molar-refractivity contribution in [2.24, 2.45) is 0 Å². The fourth-order valence-electron chi connectivity index (χ4n) is 1.76. The van der Waals surface area contributed by atoms with Crippen molar-refractivity contribution in [1.29, 1.82) is 0 Å². The maximum atomic E-state index is 11.7. The minimum atomic E-state index is -0.138. The number of halogens is 1. The molecule has 22 heavy (non-hydrogen) atoms. The van der Waals surface area contributed by atoms with E-state index >= 15 is 0 Å². The first-order valence-corrected chi connectivity index (χ1v) is 7.74. The first-order valence-electron chi connectivity index (χ1n) is 6.48. The Morgan fingerprint density at radius 2 is 2.14 bits per heavy atom. The monoisotopic (exact) mass is 334 g/mol. The Balaban J connectivity index is 1.57. The highest BCUT2D eigenvalue weighted by Crippen LogP contribution is 2.19. The van der Waals surface area contributed by atoms with Crippen molar-refractivity contribution in [2.75, 3.05) is 5.32 Å². The number of anilines is 1. The number of carbonyl (C=O) groups is 1. The first-order chi connectivity index (χ1) is 10.7. The number of carbonyl (C=O) groups excluding carboxylic acids is 1. The van der Waals surface area contributed by atoms with Crippen molar-refractivity contribution in [2.45, 2.75) is 12.8 Å². The largest absolute Gasteiger partial charge is 0.339 e. The van der Waals surface area contributed by atoms with Gasteiger partial charge in [0.1, 0.15) is 0 Å². The number of hydrogen-bond acceptors (Lipinski definition) is 6. The van der Waals surface area contributed by atoms with Crippen LogP contribution in [0.1, 0.15) is 12.3 Å². The van der Waals surface area contributed by atoms with Crippen molar-refractivity contribution in [3.63, 3.8) is 0 Å². The van der Waals surface area contributed by atoms with Crippen LogP contribution in [0.25, 0.3) is 11.4 Å². The van der Waals surface area contributed by atoms with Crippen molar-refractivity contribution in [1.82, 2.24) is 15.1 Å². The highest BCUT2D eigenvalue weighted by atomic mass is 35.5. The topological polar surface area (TPSA) is 80.9 Å². The van der Waals surface area contributed by atoms with Gasteiger partial charge in [0.15, 0.2) is 5.13 Å². The summed E-state index contributed by atoms with van der Waals surface area (Å²) in [6.07, 6.45) is 2.26. The van der Waals surface area contributed by atoms with E-state index < -0.39 is 0 Å². The zero-order valence-electron chi connectivity index (χ0n) is 11.3. The third-order valence-corrected chi connectivity index (χ3v) is 3.76. The van der Waals surface area contributed by atoms with Crippen LogP contribution < -0.4 is 5.32 Å². The molecular formula is C14H11ClN4O2S. The molecule has 0 spiro atoms. The average Bonchev–Trinajstić information content (AvgIpc) is 3.17. The van der Waals surface area contributed by atoms with E-state index in [0.29, 0.717) is 28.3 Å². The smallest absolute Gasteiger partial charge is 0.227 e. The first kappa shape index (κ1) is 14.7. The van der Waals surface area contributed by atoms with Crippen LogP contribution in [0.4, 0.5) is 5.13 Å². The molecule has 0 bridgehead atoms. The van der Waals surface area contributed by atoms with Crippen LogP contribution in [0.2, 0.25) is 5.02 Å². The molecule has 1 aromatic carbocycles. The molecule has 0 aliphatic heterocycles. The van der Waals surface area contributed by atoms with Crippen LogP contribution in [-0.2, 0) is 11.2 Å². The molecule has 8 heteroatoms. The van der Waals surface area contributed by atoms with Gasteiger partial charge in [0, 0.05) is 35.0 Å². The Hall–Kier alpha value is -2.25. The van der Waals surface area contributed by atoms with E-state index in [1.807, 2.05) is 12.1 Å². The van der Waals surface area contributed by atoms with E-state index in [9.17, 15) is 4.79 Å². The third kappa shape index (κ3) is 3.69. The molecule has 0 saturated carbocycles. The van der Waals surface area contributed by atoms with Crippen molar-refractivity contribution in [3.8, 4) is 11.4 Å². The molecule has 112 valence electrons. The maximum absolute atomic E-state index is 11.7. The number of nitrogens with zero attached hydrogens (tertiary/aromatic N) is 3. The Labute approximate surface area is 135 Å². The number of benzene rings is 1. The molecule has 0 saturated heterocycles. The molecule has 0 aliphatic rings. The Morgan fingerprint density at radius 1 is 1.32 bits per heavy atom. The third-order valence-electron chi connectivity index (χ3n) is 2.82. The number of rotatable bonds is 5. The molecule has 0 unspecified atom stereocenters. The zero-order valence-corrected chi connectivity index (χ0v) is 12.9. The Morgan fingerprint density at radius 3 is 2.86 bits per heavy atom. The standard InChI is InChI=1S/C14H11ClN4O2S/c15-10-3-1-9(2-4-10)13-18-12(21-19-13)6-5-11(20)17-14-16-7-8-22-14/h1-4,7-8H,5-6H2,(H,16,17,20). The quantitative estimate of drug-likeness (QED) is 0.773. The summed E-state index contributed by atoms with van der Waals surface area (Å²) in [7, 11) is 0. The van der Waals surface area contributed by atoms with Crippen LogP contribution in [0.3, 0.4) is 0 Å². The fraction of sp³-hybridized carbons (Fsp3) is 0.143. The van der Waals surface area contributed by atoms with E-state index in [2.05, 4.69) is 20.4 Å². The molecule has 0 atom stereocenters. The number of aryl methyl sites for hydroxylation is 1. The number of nitrogens with one attached hydrogen (secondary N) is 1. The van der Waals surface area contributed by atoms with Gasteiger partial charge in [-0.2, -0.15) is 4.98 Å². The van der Waals surface area contributed by atoms with Crippen LogP contribution in [0.5, 0.6) is 0 Å². The van der Waals surface area contributed by atoms with Gasteiger partial charge in [-0.05, 0) is 24.3 Å². The van der Waals surface area contributed by atoms with Gasteiger partial charge in [0.25, 0.3) is 0 Å². The average molecular weight is 335 g/mol. The van der Waals surface area contributed by atoms with Gasteiger partial charge in [-0.25, -0.2) is 4.98 Å². The highest BCUT2D eigenvalue weighted by Gasteiger charge is 2.11. The summed E-state index contributed by atoms with van der Waals surface area (Å²) in [5.74, 6) is 0.757. The molecule has 0 aliphatic carbocycles. The summed E-state index contributed by atoms with van der Waals surface area (Å²) >= 11 is 7.20. The molecule has 2 aromatic heterocycles. The lowest BCUT2D eigenvalue weighted by atomic mass is 10.2. The van der Waals surface area contributed by atoms with Crippen molar-refractivity contribution in [3.05, 3.63) is 46.8 Å². The molecule has 1 N–H and O–H groups in total. The molecule has 3 aromatic rings. The van der Waals surface area contributed by atoms with Gasteiger partial charge in [-0.1, -0.05) is 16.8 Å². The van der Waals surface area contributed by atoms with Crippen LogP contribution in [0.15, 0.2) is 40.4 Å². The minimum Gasteiger partial charge on any atom is -0.339 e.